The van der Waals surface area contributed by atoms with E-state index in [1.807, 2.05) is 5.38 Å². The van der Waals surface area contributed by atoms with Crippen molar-refractivity contribution in [1.82, 2.24) is 0 Å². The van der Waals surface area contributed by atoms with Crippen LogP contribution in [0.2, 0.25) is 0 Å². The third-order valence-corrected chi connectivity index (χ3v) is 7.83. The number of ether oxygens (including phenoxy) is 2. The molecule has 12 heteroatoms. The Morgan fingerprint density at radius 3 is 1.76 bits per heavy atom. The molecule has 2 aromatic carbocycles. The van der Waals surface area contributed by atoms with Crippen molar-refractivity contribution in [2.24, 2.45) is 0 Å². The third-order valence-electron chi connectivity index (χ3n) is 5.96. The van der Waals surface area contributed by atoms with E-state index >= 15 is 0 Å². The SMILES string of the molecule is C=CC(=O)OCC.CCOC(=O)CCC(C(=O)c1c(F)cccc1F)c1cccs1.O=C(Cc1cccs1)c1c(F)cccc1F. The van der Waals surface area contributed by atoms with Gasteiger partial charge in [-0.15, -0.1) is 22.7 Å². The molecule has 0 aliphatic carbocycles. The first-order valence-corrected chi connectivity index (χ1v) is 15.8. The number of rotatable bonds is 12. The molecule has 0 aliphatic rings. The summed E-state index contributed by atoms with van der Waals surface area (Å²) in [4.78, 5) is 47.4. The van der Waals surface area contributed by atoms with E-state index in [-0.39, 0.29) is 31.8 Å². The predicted molar refractivity (Wildman–Crippen MR) is 169 cm³/mol. The summed E-state index contributed by atoms with van der Waals surface area (Å²) in [6.07, 6.45) is 1.34. The van der Waals surface area contributed by atoms with Crippen LogP contribution in [0.1, 0.15) is 63.1 Å². The number of Topliss-reactive ketones (excluding diaryl/α,β-unsaturated/α-hetero) is 2. The lowest BCUT2D eigenvalue weighted by Crippen LogP contribution is -2.17. The molecule has 6 nitrogen and oxygen atoms in total. The van der Waals surface area contributed by atoms with E-state index in [2.05, 4.69) is 11.3 Å². The van der Waals surface area contributed by atoms with Gasteiger partial charge in [-0.25, -0.2) is 22.4 Å². The Kier molecular flexibility index (Phi) is 16.3. The first kappa shape index (κ1) is 37.8. The summed E-state index contributed by atoms with van der Waals surface area (Å²) in [6, 6.07) is 13.8. The van der Waals surface area contributed by atoms with E-state index in [0.717, 1.165) is 35.2 Å². The molecule has 1 unspecified atom stereocenters. The zero-order valence-electron chi connectivity index (χ0n) is 25.1. The van der Waals surface area contributed by atoms with Crippen LogP contribution in [0, 0.1) is 23.3 Å². The molecule has 0 amide bonds. The molecule has 0 spiro atoms. The van der Waals surface area contributed by atoms with Crippen molar-refractivity contribution in [3.63, 3.8) is 0 Å². The standard InChI is InChI=1S/C17H16F2O3S.C12H8F2OS.C5H8O2/c1-2-22-15(20)9-8-11(14-7-4-10-23-14)17(21)16-12(18)5-3-6-13(16)19;13-9-4-1-5-10(14)12(9)11(15)7-8-3-2-6-16-8;1-3-5(6)7-4-2/h3-7,10-11H,2,8-9H2,1H3;1-6H,7H2;3H,1,4H2,2H3. The molecule has 0 saturated carbocycles. The van der Waals surface area contributed by atoms with Crippen LogP contribution in [-0.4, -0.2) is 36.7 Å². The quantitative estimate of drug-likeness (QED) is 0.0647. The van der Waals surface area contributed by atoms with Crippen LogP contribution in [0.15, 0.2) is 84.1 Å². The van der Waals surface area contributed by atoms with Gasteiger partial charge in [0.2, 0.25) is 0 Å². The maximum absolute atomic E-state index is 13.9. The monoisotopic (exact) mass is 676 g/mol. The summed E-state index contributed by atoms with van der Waals surface area (Å²) in [5.41, 5.74) is -1.01. The van der Waals surface area contributed by atoms with Gasteiger partial charge >= 0.3 is 11.9 Å². The normalized spacial score (nSPS) is 10.7. The summed E-state index contributed by atoms with van der Waals surface area (Å²) in [7, 11) is 0. The van der Waals surface area contributed by atoms with Crippen LogP contribution < -0.4 is 0 Å². The maximum atomic E-state index is 13.9. The van der Waals surface area contributed by atoms with Crippen LogP contribution in [0.5, 0.6) is 0 Å². The average Bonchev–Trinajstić information content (AvgIpc) is 3.73. The Morgan fingerprint density at radius 1 is 0.761 bits per heavy atom. The molecule has 0 fully saturated rings. The van der Waals surface area contributed by atoms with Gasteiger partial charge in [0.25, 0.3) is 0 Å². The number of hydrogen-bond donors (Lipinski definition) is 0. The summed E-state index contributed by atoms with van der Waals surface area (Å²) in [5, 5.41) is 3.60. The topological polar surface area (TPSA) is 86.7 Å². The van der Waals surface area contributed by atoms with Gasteiger partial charge in [-0.05, 0) is 67.4 Å². The molecule has 0 bridgehead atoms. The van der Waals surface area contributed by atoms with Crippen molar-refractivity contribution < 1.29 is 46.2 Å². The molecule has 46 heavy (non-hydrogen) atoms. The fourth-order valence-electron chi connectivity index (χ4n) is 3.92. The smallest absolute Gasteiger partial charge is 0.330 e. The Morgan fingerprint density at radius 2 is 1.30 bits per heavy atom. The molecule has 4 rings (SSSR count). The second-order valence-corrected chi connectivity index (χ2v) is 11.1. The third kappa shape index (κ3) is 11.8. The van der Waals surface area contributed by atoms with E-state index in [4.69, 9.17) is 4.74 Å². The average molecular weight is 677 g/mol. The minimum atomic E-state index is -0.896. The van der Waals surface area contributed by atoms with Crippen molar-refractivity contribution in [3.8, 4) is 0 Å². The second-order valence-electron chi connectivity index (χ2n) is 9.10. The Bertz CT molecular complexity index is 1550. The molecule has 0 aliphatic heterocycles. The largest absolute Gasteiger partial charge is 0.466 e. The number of benzene rings is 2. The molecule has 0 radical (unpaired) electrons. The summed E-state index contributed by atoms with van der Waals surface area (Å²) in [5.74, 6) is -6.15. The molecule has 1 atom stereocenters. The lowest BCUT2D eigenvalue weighted by atomic mass is 9.91. The van der Waals surface area contributed by atoms with Crippen LogP contribution in [0.3, 0.4) is 0 Å². The first-order chi connectivity index (χ1) is 22.0. The molecule has 2 heterocycles. The van der Waals surface area contributed by atoms with Gasteiger partial charge in [-0.2, -0.15) is 0 Å². The highest BCUT2D eigenvalue weighted by Crippen LogP contribution is 2.31. The lowest BCUT2D eigenvalue weighted by molar-refractivity contribution is -0.143. The number of carbonyl (C=O) groups excluding carboxylic acids is 4. The van der Waals surface area contributed by atoms with Gasteiger partial charge in [0.1, 0.15) is 23.3 Å². The number of hydrogen-bond acceptors (Lipinski definition) is 8. The minimum Gasteiger partial charge on any atom is -0.466 e. The summed E-state index contributed by atoms with van der Waals surface area (Å²) >= 11 is 2.70. The van der Waals surface area contributed by atoms with Crippen molar-refractivity contribution in [3.05, 3.63) is 128 Å². The molecule has 0 N–H and O–H groups in total. The molecule has 2 aromatic heterocycles. The molecular weight excluding hydrogens is 644 g/mol. The number of esters is 2. The van der Waals surface area contributed by atoms with E-state index in [1.54, 1.807) is 43.5 Å². The van der Waals surface area contributed by atoms with Gasteiger partial charge in [0, 0.05) is 28.7 Å². The zero-order chi connectivity index (χ0) is 34.1. The van der Waals surface area contributed by atoms with Crippen LogP contribution in [0.25, 0.3) is 0 Å². The van der Waals surface area contributed by atoms with Crippen molar-refractivity contribution >= 4 is 46.2 Å². The van der Waals surface area contributed by atoms with E-state index in [1.165, 1.54) is 34.8 Å². The van der Waals surface area contributed by atoms with Crippen molar-refractivity contribution in [1.29, 1.82) is 0 Å². The van der Waals surface area contributed by atoms with E-state index in [9.17, 15) is 36.7 Å². The number of ketones is 2. The molecule has 4 aromatic rings. The summed E-state index contributed by atoms with van der Waals surface area (Å²) in [6.45, 7) is 7.31. The van der Waals surface area contributed by atoms with Crippen LogP contribution >= 0.6 is 22.7 Å². The van der Waals surface area contributed by atoms with E-state index < -0.39 is 57.8 Å². The Labute approximate surface area is 272 Å². The Balaban J connectivity index is 0.000000276. The number of carbonyl (C=O) groups is 4. The van der Waals surface area contributed by atoms with Gasteiger partial charge < -0.3 is 9.47 Å². The minimum absolute atomic E-state index is 0.0121. The highest BCUT2D eigenvalue weighted by molar-refractivity contribution is 7.10. The lowest BCUT2D eigenvalue weighted by Gasteiger charge is -2.15. The molecular formula is C34H32F4O6S2. The van der Waals surface area contributed by atoms with Crippen LogP contribution in [0.4, 0.5) is 17.6 Å². The van der Waals surface area contributed by atoms with Gasteiger partial charge in [-0.3, -0.25) is 14.4 Å². The maximum Gasteiger partial charge on any atom is 0.330 e. The summed E-state index contributed by atoms with van der Waals surface area (Å²) < 4.78 is 63.6. The number of thiophene rings is 2. The highest BCUT2D eigenvalue weighted by atomic mass is 32.1. The zero-order valence-corrected chi connectivity index (χ0v) is 26.7. The highest BCUT2D eigenvalue weighted by Gasteiger charge is 2.28. The Hall–Kier alpha value is -4.42. The van der Waals surface area contributed by atoms with Crippen LogP contribution in [-0.2, 0) is 25.5 Å². The van der Waals surface area contributed by atoms with Gasteiger partial charge in [-0.1, -0.05) is 30.8 Å². The van der Waals surface area contributed by atoms with Crippen molar-refractivity contribution in [2.75, 3.05) is 13.2 Å². The second kappa shape index (κ2) is 19.9. The fraction of sp³-hybridized carbons (Fsp3) is 0.235. The number of halogens is 4. The van der Waals surface area contributed by atoms with Gasteiger partial charge in [0.05, 0.1) is 30.3 Å². The molecule has 0 saturated heterocycles. The fourth-order valence-corrected chi connectivity index (χ4v) is 5.48. The van der Waals surface area contributed by atoms with Crippen molar-refractivity contribution in [2.45, 2.75) is 39.0 Å². The molecule has 244 valence electrons. The van der Waals surface area contributed by atoms with Gasteiger partial charge in [0.15, 0.2) is 11.6 Å². The van der Waals surface area contributed by atoms with E-state index in [0.29, 0.717) is 11.5 Å². The first-order valence-electron chi connectivity index (χ1n) is 14.0. The predicted octanol–water partition coefficient (Wildman–Crippen LogP) is 8.52.